The van der Waals surface area contributed by atoms with E-state index in [2.05, 4.69) is 17.2 Å². The van der Waals surface area contributed by atoms with Crippen LogP contribution in [0, 0.1) is 5.92 Å². The van der Waals surface area contributed by atoms with Crippen LogP contribution < -0.4 is 10.6 Å². The minimum absolute atomic E-state index is 0.0551. The highest BCUT2D eigenvalue weighted by Gasteiger charge is 2.25. The second-order valence-electron chi connectivity index (χ2n) is 6.07. The zero-order chi connectivity index (χ0) is 18.8. The van der Waals surface area contributed by atoms with E-state index in [0.717, 1.165) is 0 Å². The van der Waals surface area contributed by atoms with Gasteiger partial charge in [0.1, 0.15) is 12.2 Å². The molecule has 0 radical (unpaired) electrons. The molecule has 0 aromatic heterocycles. The number of esters is 2. The third-order valence-corrected chi connectivity index (χ3v) is 3.79. The number of hydrogen-bond acceptors (Lipinski definition) is 6. The normalized spacial score (nSPS) is 12.0. The number of thioether (sulfide) groups is 1. The van der Waals surface area contributed by atoms with Crippen molar-refractivity contribution in [2.75, 3.05) is 31.7 Å². The molecule has 24 heavy (non-hydrogen) atoms. The van der Waals surface area contributed by atoms with Crippen molar-refractivity contribution in [3.63, 3.8) is 0 Å². The van der Waals surface area contributed by atoms with Crippen molar-refractivity contribution >= 4 is 29.7 Å². The number of nitrogens with one attached hydrogen (secondary N) is 2. The topological polar surface area (TPSA) is 93.7 Å². The molecule has 0 saturated carbocycles. The molecule has 0 fully saturated rings. The van der Waals surface area contributed by atoms with E-state index in [1.807, 2.05) is 20.1 Å². The van der Waals surface area contributed by atoms with E-state index in [0.29, 0.717) is 11.3 Å². The van der Waals surface area contributed by atoms with Gasteiger partial charge in [0, 0.05) is 17.9 Å². The average Bonchev–Trinajstić information content (AvgIpc) is 2.47. The molecular weight excluding hydrogens is 332 g/mol. The van der Waals surface area contributed by atoms with E-state index < -0.39 is 23.5 Å². The fourth-order valence-corrected chi connectivity index (χ4v) is 2.33. The van der Waals surface area contributed by atoms with Gasteiger partial charge in [-0.1, -0.05) is 13.5 Å². The van der Waals surface area contributed by atoms with Crippen LogP contribution in [0.25, 0.3) is 0 Å². The lowest BCUT2D eigenvalue weighted by molar-refractivity contribution is -0.158. The summed E-state index contributed by atoms with van der Waals surface area (Å²) in [4.78, 5) is 34.7. The van der Waals surface area contributed by atoms with Crippen LogP contribution in [-0.4, -0.2) is 55.3 Å². The molecule has 1 atom stereocenters. The molecule has 0 bridgehead atoms. The van der Waals surface area contributed by atoms with Crippen molar-refractivity contribution in [1.82, 2.24) is 10.6 Å². The predicted octanol–water partition coefficient (Wildman–Crippen LogP) is 1.73. The van der Waals surface area contributed by atoms with Crippen LogP contribution in [0.3, 0.4) is 0 Å². The van der Waals surface area contributed by atoms with Crippen LogP contribution >= 0.6 is 11.8 Å². The van der Waals surface area contributed by atoms with Gasteiger partial charge in [0.15, 0.2) is 0 Å². The van der Waals surface area contributed by atoms with Gasteiger partial charge in [0.2, 0.25) is 0 Å². The molecule has 0 heterocycles. The Balaban J connectivity index is 3.98. The smallest absolute Gasteiger partial charge is 0.333 e. The Bertz CT molecular complexity index is 465. The van der Waals surface area contributed by atoms with Gasteiger partial charge in [-0.2, -0.15) is 11.8 Å². The van der Waals surface area contributed by atoms with Gasteiger partial charge < -0.3 is 20.1 Å². The SMILES string of the molecule is C=C(C)C(=O)OCCNC(=O)NCC(C)C(=O)OC(C)(C)CSC. The van der Waals surface area contributed by atoms with E-state index in [1.165, 1.54) is 0 Å². The molecule has 7 nitrogen and oxygen atoms in total. The zero-order valence-electron chi connectivity index (χ0n) is 15.1. The number of urea groups is 1. The number of carbonyl (C=O) groups is 3. The number of amides is 2. The molecule has 138 valence electrons. The fourth-order valence-electron chi connectivity index (χ4n) is 1.57. The monoisotopic (exact) mass is 360 g/mol. The Morgan fingerprint density at radius 2 is 1.88 bits per heavy atom. The van der Waals surface area contributed by atoms with Gasteiger partial charge in [-0.05, 0) is 27.0 Å². The van der Waals surface area contributed by atoms with Crippen LogP contribution in [0.4, 0.5) is 4.79 Å². The Morgan fingerprint density at radius 1 is 1.25 bits per heavy atom. The maximum Gasteiger partial charge on any atom is 0.333 e. The van der Waals surface area contributed by atoms with Crippen LogP contribution in [0.5, 0.6) is 0 Å². The average molecular weight is 360 g/mol. The van der Waals surface area contributed by atoms with Gasteiger partial charge in [0.05, 0.1) is 12.5 Å². The molecule has 0 aromatic carbocycles. The molecule has 0 aliphatic rings. The zero-order valence-corrected chi connectivity index (χ0v) is 15.9. The van der Waals surface area contributed by atoms with Gasteiger partial charge >= 0.3 is 18.0 Å². The Labute approximate surface area is 147 Å². The van der Waals surface area contributed by atoms with Gasteiger partial charge in [-0.25, -0.2) is 9.59 Å². The molecule has 0 aliphatic heterocycles. The number of carbonyl (C=O) groups excluding carboxylic acids is 3. The first-order valence-corrected chi connectivity index (χ1v) is 9.04. The lowest BCUT2D eigenvalue weighted by Crippen LogP contribution is -2.42. The van der Waals surface area contributed by atoms with E-state index in [4.69, 9.17) is 9.47 Å². The maximum absolute atomic E-state index is 12.0. The number of hydrogen-bond donors (Lipinski definition) is 2. The third-order valence-electron chi connectivity index (χ3n) is 2.81. The summed E-state index contributed by atoms with van der Waals surface area (Å²) >= 11 is 1.60. The summed E-state index contributed by atoms with van der Waals surface area (Å²) in [5.41, 5.74) is -0.239. The first kappa shape index (κ1) is 22.3. The standard InChI is InChI=1S/C16H28N2O5S/c1-11(2)13(19)22-8-7-17-15(21)18-9-12(3)14(20)23-16(4,5)10-24-6/h12H,1,7-10H2,2-6H3,(H2,17,18,21). The minimum atomic E-state index is -0.541. The van der Waals surface area contributed by atoms with Crippen LogP contribution in [0.2, 0.25) is 0 Å². The van der Waals surface area contributed by atoms with Gasteiger partial charge in [-0.3, -0.25) is 4.79 Å². The number of ether oxygens (including phenoxy) is 2. The van der Waals surface area contributed by atoms with Crippen LogP contribution in [0.1, 0.15) is 27.7 Å². The maximum atomic E-state index is 12.0. The lowest BCUT2D eigenvalue weighted by Gasteiger charge is -2.26. The van der Waals surface area contributed by atoms with Gasteiger partial charge in [0.25, 0.3) is 0 Å². The Morgan fingerprint density at radius 3 is 2.42 bits per heavy atom. The van der Waals surface area contributed by atoms with Crippen molar-refractivity contribution in [2.24, 2.45) is 5.92 Å². The minimum Gasteiger partial charge on any atom is -0.460 e. The molecule has 2 N–H and O–H groups in total. The molecule has 2 amide bonds. The van der Waals surface area contributed by atoms with Crippen molar-refractivity contribution in [1.29, 1.82) is 0 Å². The predicted molar refractivity (Wildman–Crippen MR) is 94.9 cm³/mol. The highest BCUT2D eigenvalue weighted by Crippen LogP contribution is 2.17. The van der Waals surface area contributed by atoms with Crippen molar-refractivity contribution < 1.29 is 23.9 Å². The van der Waals surface area contributed by atoms with E-state index >= 15 is 0 Å². The molecule has 1 unspecified atom stereocenters. The summed E-state index contributed by atoms with van der Waals surface area (Å²) in [7, 11) is 0. The molecule has 0 spiro atoms. The molecule has 8 heteroatoms. The van der Waals surface area contributed by atoms with Crippen molar-refractivity contribution in [2.45, 2.75) is 33.3 Å². The largest absolute Gasteiger partial charge is 0.460 e. The third kappa shape index (κ3) is 10.1. The lowest BCUT2D eigenvalue weighted by atomic mass is 10.1. The molecule has 0 saturated heterocycles. The molecular formula is C16H28N2O5S. The summed E-state index contributed by atoms with van der Waals surface area (Å²) in [5, 5.41) is 5.11. The molecule has 0 rings (SSSR count). The van der Waals surface area contributed by atoms with E-state index in [1.54, 1.807) is 25.6 Å². The second-order valence-corrected chi connectivity index (χ2v) is 6.93. The van der Waals surface area contributed by atoms with Crippen LogP contribution in [-0.2, 0) is 19.1 Å². The molecule has 0 aromatic rings. The first-order chi connectivity index (χ1) is 11.1. The molecule has 0 aliphatic carbocycles. The van der Waals surface area contributed by atoms with Crippen molar-refractivity contribution in [3.8, 4) is 0 Å². The summed E-state index contributed by atoms with van der Waals surface area (Å²) in [5.74, 6) is -0.619. The summed E-state index contributed by atoms with van der Waals surface area (Å²) < 4.78 is 10.3. The van der Waals surface area contributed by atoms with E-state index in [-0.39, 0.29) is 25.7 Å². The van der Waals surface area contributed by atoms with E-state index in [9.17, 15) is 14.4 Å². The number of rotatable bonds is 10. The highest BCUT2D eigenvalue weighted by molar-refractivity contribution is 7.98. The quantitative estimate of drug-likeness (QED) is 0.350. The highest BCUT2D eigenvalue weighted by atomic mass is 32.2. The first-order valence-electron chi connectivity index (χ1n) is 7.65. The fraction of sp³-hybridized carbons (Fsp3) is 0.688. The van der Waals surface area contributed by atoms with Crippen LogP contribution in [0.15, 0.2) is 12.2 Å². The summed E-state index contributed by atoms with van der Waals surface area (Å²) in [6.45, 7) is 10.8. The van der Waals surface area contributed by atoms with Gasteiger partial charge in [-0.15, -0.1) is 0 Å². The summed E-state index contributed by atoms with van der Waals surface area (Å²) in [6, 6.07) is -0.440. The summed E-state index contributed by atoms with van der Waals surface area (Å²) in [6.07, 6.45) is 1.94. The Kier molecular flexibility index (Phi) is 10.2. The second kappa shape index (κ2) is 11.0. The Hall–Kier alpha value is -1.70. The van der Waals surface area contributed by atoms with Crippen molar-refractivity contribution in [3.05, 3.63) is 12.2 Å².